The molecular weight excluding hydrogens is 621 g/mol. The van der Waals surface area contributed by atoms with Crippen LogP contribution in [0.2, 0.25) is 15.6 Å². The van der Waals surface area contributed by atoms with E-state index >= 15 is 0 Å². The number of carbonyl (C=O) groups is 1. The minimum atomic E-state index is -0.425. The maximum Gasteiger partial charge on any atom is 0.313 e. The molecule has 0 spiro atoms. The van der Waals surface area contributed by atoms with Gasteiger partial charge in [-0.05, 0) is 47.0 Å². The molecule has 0 aliphatic rings. The van der Waals surface area contributed by atoms with Gasteiger partial charge in [-0.15, -0.1) is 22.7 Å². The van der Waals surface area contributed by atoms with Gasteiger partial charge in [-0.3, -0.25) is 4.79 Å². The van der Waals surface area contributed by atoms with Gasteiger partial charge in [0, 0.05) is 21.9 Å². The van der Waals surface area contributed by atoms with Crippen molar-refractivity contribution in [2.75, 3.05) is 7.11 Å². The van der Waals surface area contributed by atoms with Crippen molar-refractivity contribution in [3.05, 3.63) is 92.3 Å². The second-order valence-electron chi connectivity index (χ2n) is 8.14. The van der Waals surface area contributed by atoms with Crippen LogP contribution in [-0.4, -0.2) is 33.0 Å². The zero-order valence-corrected chi connectivity index (χ0v) is 24.2. The summed E-state index contributed by atoms with van der Waals surface area (Å²) in [5, 5.41) is 5.95. The van der Waals surface area contributed by atoms with Gasteiger partial charge in [0.25, 0.3) is 0 Å². The molecule has 6 aromatic rings. The SMILES string of the molecule is COC(=O)Cc1nc(Cl)c2c(-c3ccc(F)cc3)csc2n1.Fc1ccc(-c2csc3nc(Cl)nc(Cl)c23)cc1. The second-order valence-corrected chi connectivity index (χ2v) is 10.9. The molecule has 4 heterocycles. The Morgan fingerprint density at radius 1 is 0.750 bits per heavy atom. The van der Waals surface area contributed by atoms with Crippen LogP contribution in [0.5, 0.6) is 0 Å². The minimum Gasteiger partial charge on any atom is -0.469 e. The molecule has 0 bridgehead atoms. The zero-order chi connectivity index (χ0) is 28.4. The Kier molecular flexibility index (Phi) is 8.53. The molecule has 13 heteroatoms. The summed E-state index contributed by atoms with van der Waals surface area (Å²) < 4.78 is 30.5. The summed E-state index contributed by atoms with van der Waals surface area (Å²) in [4.78, 5) is 29.2. The Hall–Kier alpha value is -3.28. The molecule has 40 heavy (non-hydrogen) atoms. The lowest BCUT2D eigenvalue weighted by Crippen LogP contribution is -2.08. The molecule has 0 saturated heterocycles. The molecular formula is C27H15Cl3F2N4O2S2. The van der Waals surface area contributed by atoms with Gasteiger partial charge in [0.2, 0.25) is 5.28 Å². The van der Waals surface area contributed by atoms with Gasteiger partial charge in [0.15, 0.2) is 0 Å². The molecule has 0 N–H and O–H groups in total. The fraction of sp³-hybridized carbons (Fsp3) is 0.0741. The van der Waals surface area contributed by atoms with Gasteiger partial charge >= 0.3 is 5.97 Å². The van der Waals surface area contributed by atoms with Gasteiger partial charge in [-0.25, -0.2) is 28.7 Å². The molecule has 0 amide bonds. The minimum absolute atomic E-state index is 0.0318. The van der Waals surface area contributed by atoms with E-state index in [-0.39, 0.29) is 28.5 Å². The molecule has 2 aromatic carbocycles. The van der Waals surface area contributed by atoms with Gasteiger partial charge in [0.1, 0.15) is 43.8 Å². The largest absolute Gasteiger partial charge is 0.469 e. The van der Waals surface area contributed by atoms with Gasteiger partial charge in [-0.1, -0.05) is 47.5 Å². The number of carbonyl (C=O) groups excluding carboxylic acids is 1. The van der Waals surface area contributed by atoms with Crippen LogP contribution in [0.1, 0.15) is 5.82 Å². The fourth-order valence-corrected chi connectivity index (χ4v) is 6.63. The Balaban J connectivity index is 0.000000164. The number of methoxy groups -OCH3 is 1. The van der Waals surface area contributed by atoms with E-state index in [0.29, 0.717) is 21.2 Å². The summed E-state index contributed by atoms with van der Waals surface area (Å²) in [6.45, 7) is 0. The Morgan fingerprint density at radius 3 is 1.73 bits per heavy atom. The highest BCUT2D eigenvalue weighted by Crippen LogP contribution is 2.38. The number of hydrogen-bond acceptors (Lipinski definition) is 8. The number of halogens is 5. The number of thiophene rings is 2. The Morgan fingerprint density at radius 2 is 1.23 bits per heavy atom. The van der Waals surface area contributed by atoms with Crippen molar-refractivity contribution >= 4 is 83.9 Å². The Bertz CT molecular complexity index is 1850. The van der Waals surface area contributed by atoms with Crippen molar-refractivity contribution in [2.24, 2.45) is 0 Å². The number of hydrogen-bond donors (Lipinski definition) is 0. The number of nitrogens with zero attached hydrogens (tertiary/aromatic N) is 4. The molecule has 6 nitrogen and oxygen atoms in total. The smallest absolute Gasteiger partial charge is 0.313 e. The highest BCUT2D eigenvalue weighted by molar-refractivity contribution is 7.17. The standard InChI is InChI=1S/C15H10ClFN2O2S.C12H5Cl2FN2S/c1-21-12(20)6-11-18-14(16)13-10(7-22-15(13)19-11)8-2-4-9(17)5-3-8;13-10-9-8(6-1-3-7(15)4-2-6)5-18-11(9)17-12(14)16-10/h2-5,7H,6H2,1H3;1-5H. The van der Waals surface area contributed by atoms with E-state index in [1.54, 1.807) is 24.3 Å². The van der Waals surface area contributed by atoms with E-state index < -0.39 is 5.97 Å². The number of rotatable bonds is 4. The summed E-state index contributed by atoms with van der Waals surface area (Å²) >= 11 is 20.9. The van der Waals surface area contributed by atoms with Crippen LogP contribution in [0.4, 0.5) is 8.78 Å². The molecule has 0 fully saturated rings. The first kappa shape index (κ1) is 28.3. The third-order valence-electron chi connectivity index (χ3n) is 5.64. The van der Waals surface area contributed by atoms with Crippen LogP contribution in [0.15, 0.2) is 59.3 Å². The fourth-order valence-electron chi connectivity index (χ4n) is 3.78. The maximum absolute atomic E-state index is 13.0. The van der Waals surface area contributed by atoms with Gasteiger partial charge < -0.3 is 4.74 Å². The average molecular weight is 636 g/mol. The quantitative estimate of drug-likeness (QED) is 0.110. The molecule has 4 aromatic heterocycles. The number of ether oxygens (including phenoxy) is 1. The Labute approximate surface area is 249 Å². The first-order valence-electron chi connectivity index (χ1n) is 11.4. The average Bonchev–Trinajstić information content (AvgIpc) is 3.55. The van der Waals surface area contributed by atoms with Crippen molar-refractivity contribution in [2.45, 2.75) is 6.42 Å². The number of esters is 1. The first-order valence-corrected chi connectivity index (χ1v) is 14.3. The van der Waals surface area contributed by atoms with Crippen molar-refractivity contribution < 1.29 is 18.3 Å². The monoisotopic (exact) mass is 634 g/mol. The van der Waals surface area contributed by atoms with E-state index in [1.807, 2.05) is 10.8 Å². The molecule has 6 rings (SSSR count). The molecule has 0 radical (unpaired) electrons. The van der Waals surface area contributed by atoms with E-state index in [1.165, 1.54) is 54.0 Å². The maximum atomic E-state index is 13.0. The topological polar surface area (TPSA) is 77.9 Å². The van der Waals surface area contributed by atoms with Crippen LogP contribution in [0.3, 0.4) is 0 Å². The summed E-state index contributed by atoms with van der Waals surface area (Å²) in [5.41, 5.74) is 3.43. The van der Waals surface area contributed by atoms with Crippen LogP contribution >= 0.6 is 57.5 Å². The number of fused-ring (bicyclic) bond motifs is 2. The molecule has 202 valence electrons. The van der Waals surface area contributed by atoms with Crippen molar-refractivity contribution in [3.8, 4) is 22.3 Å². The summed E-state index contributed by atoms with van der Waals surface area (Å²) in [5.74, 6) is -0.683. The molecule has 0 aliphatic carbocycles. The van der Waals surface area contributed by atoms with Gasteiger partial charge in [0.05, 0.1) is 17.9 Å². The number of aromatic nitrogens is 4. The predicted molar refractivity (Wildman–Crippen MR) is 156 cm³/mol. The van der Waals surface area contributed by atoms with Crippen LogP contribution in [0.25, 0.3) is 42.7 Å². The zero-order valence-electron chi connectivity index (χ0n) is 20.3. The van der Waals surface area contributed by atoms with Crippen molar-refractivity contribution in [1.29, 1.82) is 0 Å². The van der Waals surface area contributed by atoms with Crippen LogP contribution < -0.4 is 0 Å². The predicted octanol–water partition coefficient (Wildman–Crippen LogP) is 8.67. The molecule has 0 unspecified atom stereocenters. The van der Waals surface area contributed by atoms with E-state index in [0.717, 1.165) is 32.5 Å². The van der Waals surface area contributed by atoms with E-state index in [2.05, 4.69) is 24.7 Å². The van der Waals surface area contributed by atoms with Crippen LogP contribution in [-0.2, 0) is 16.0 Å². The molecule has 0 atom stereocenters. The lowest BCUT2D eigenvalue weighted by atomic mass is 10.1. The summed E-state index contributed by atoms with van der Waals surface area (Å²) in [6.07, 6.45) is -0.0318. The second kappa shape index (κ2) is 12.1. The van der Waals surface area contributed by atoms with Crippen molar-refractivity contribution in [3.63, 3.8) is 0 Å². The van der Waals surface area contributed by atoms with Crippen LogP contribution in [0, 0.1) is 11.6 Å². The number of benzene rings is 2. The lowest BCUT2D eigenvalue weighted by molar-refractivity contribution is -0.139. The van der Waals surface area contributed by atoms with Crippen molar-refractivity contribution in [1.82, 2.24) is 19.9 Å². The third-order valence-corrected chi connectivity index (χ3v) is 8.10. The lowest BCUT2D eigenvalue weighted by Gasteiger charge is -2.03. The highest BCUT2D eigenvalue weighted by atomic mass is 35.5. The van der Waals surface area contributed by atoms with E-state index in [4.69, 9.17) is 34.8 Å². The highest BCUT2D eigenvalue weighted by Gasteiger charge is 2.16. The van der Waals surface area contributed by atoms with Gasteiger partial charge in [-0.2, -0.15) is 0 Å². The molecule has 0 aliphatic heterocycles. The normalized spacial score (nSPS) is 10.9. The summed E-state index contributed by atoms with van der Waals surface area (Å²) in [6, 6.07) is 12.3. The third kappa shape index (κ3) is 6.06. The molecule has 0 saturated carbocycles. The van der Waals surface area contributed by atoms with E-state index in [9.17, 15) is 13.6 Å². The first-order chi connectivity index (χ1) is 19.2. The summed E-state index contributed by atoms with van der Waals surface area (Å²) in [7, 11) is 1.31.